The van der Waals surface area contributed by atoms with E-state index in [-0.39, 0.29) is 5.56 Å². The summed E-state index contributed by atoms with van der Waals surface area (Å²) in [6.07, 6.45) is 0. The van der Waals surface area contributed by atoms with E-state index < -0.39 is 5.97 Å². The van der Waals surface area contributed by atoms with Crippen molar-refractivity contribution in [1.82, 2.24) is 4.98 Å². The second-order valence-electron chi connectivity index (χ2n) is 6.51. The van der Waals surface area contributed by atoms with Crippen LogP contribution in [0.1, 0.15) is 21.5 Å². The van der Waals surface area contributed by atoms with E-state index in [1.165, 1.54) is 0 Å². The van der Waals surface area contributed by atoms with E-state index in [0.29, 0.717) is 33.1 Å². The molecule has 0 bridgehead atoms. The average Bonchev–Trinajstić information content (AvgIpc) is 3.13. The minimum absolute atomic E-state index is 0.204. The number of aryl methyl sites for hydroxylation is 2. The number of aromatic carboxylic acids is 1. The number of carboxylic acids is 1. The molecule has 0 aliphatic carbocycles. The quantitative estimate of drug-likeness (QED) is 0.466. The van der Waals surface area contributed by atoms with Crippen LogP contribution in [-0.2, 0) is 0 Å². The van der Waals surface area contributed by atoms with Gasteiger partial charge < -0.3 is 9.52 Å². The highest BCUT2D eigenvalue weighted by Crippen LogP contribution is 2.32. The number of fused-ring (bicyclic) bond motifs is 1. The number of carboxylic acid groups (broad SMARTS) is 1. The third-order valence-corrected chi connectivity index (χ3v) is 4.92. The first-order valence-corrected chi connectivity index (χ1v) is 8.81. The molecule has 0 unspecified atom stereocenters. The van der Waals surface area contributed by atoms with Crippen molar-refractivity contribution in [2.24, 2.45) is 0 Å². The smallest absolute Gasteiger partial charge is 0.336 e. The molecular weight excluding hydrogens is 362 g/mol. The standard InChI is InChI=1S/C22H16ClNO3/c1-12-3-6-18-15(9-12)16(22(25)26)11-19(24-18)21-8-7-20(27-21)14-5-4-13(2)17(23)10-14/h3-11H,1-2H3,(H,25,26). The highest BCUT2D eigenvalue weighted by molar-refractivity contribution is 6.31. The van der Waals surface area contributed by atoms with Crippen molar-refractivity contribution in [1.29, 1.82) is 0 Å². The second kappa shape index (κ2) is 6.56. The number of benzene rings is 2. The summed E-state index contributed by atoms with van der Waals surface area (Å²) >= 11 is 6.20. The maximum atomic E-state index is 11.7. The Labute approximate surface area is 161 Å². The van der Waals surface area contributed by atoms with Crippen molar-refractivity contribution < 1.29 is 14.3 Å². The van der Waals surface area contributed by atoms with Gasteiger partial charge in [0.2, 0.25) is 0 Å². The lowest BCUT2D eigenvalue weighted by atomic mass is 10.0. The molecule has 0 aliphatic heterocycles. The van der Waals surface area contributed by atoms with E-state index in [0.717, 1.165) is 16.7 Å². The van der Waals surface area contributed by atoms with Crippen LogP contribution in [0.3, 0.4) is 0 Å². The maximum Gasteiger partial charge on any atom is 0.336 e. The molecule has 0 fully saturated rings. The Morgan fingerprint density at radius 3 is 2.52 bits per heavy atom. The topological polar surface area (TPSA) is 63.3 Å². The molecule has 4 nitrogen and oxygen atoms in total. The monoisotopic (exact) mass is 377 g/mol. The molecule has 0 atom stereocenters. The molecule has 4 rings (SSSR count). The molecule has 134 valence electrons. The van der Waals surface area contributed by atoms with Crippen molar-refractivity contribution in [2.45, 2.75) is 13.8 Å². The summed E-state index contributed by atoms with van der Waals surface area (Å²) in [5.41, 5.74) is 4.13. The first kappa shape index (κ1) is 17.3. The van der Waals surface area contributed by atoms with Gasteiger partial charge in [0.1, 0.15) is 11.5 Å². The summed E-state index contributed by atoms with van der Waals surface area (Å²) < 4.78 is 5.94. The van der Waals surface area contributed by atoms with E-state index in [1.54, 1.807) is 12.1 Å². The summed E-state index contributed by atoms with van der Waals surface area (Å²) in [7, 11) is 0. The van der Waals surface area contributed by atoms with Gasteiger partial charge in [-0.15, -0.1) is 0 Å². The molecule has 4 aromatic rings. The van der Waals surface area contributed by atoms with Crippen molar-refractivity contribution in [3.05, 3.63) is 76.3 Å². The lowest BCUT2D eigenvalue weighted by Crippen LogP contribution is -2.00. The summed E-state index contributed by atoms with van der Waals surface area (Å²) in [4.78, 5) is 16.3. The summed E-state index contributed by atoms with van der Waals surface area (Å²) in [5, 5.41) is 10.9. The van der Waals surface area contributed by atoms with Crippen LogP contribution in [0.5, 0.6) is 0 Å². The van der Waals surface area contributed by atoms with Crippen molar-refractivity contribution in [3.63, 3.8) is 0 Å². The zero-order chi connectivity index (χ0) is 19.1. The summed E-state index contributed by atoms with van der Waals surface area (Å²) in [6, 6.07) is 16.4. The Morgan fingerprint density at radius 1 is 1.00 bits per heavy atom. The number of pyridine rings is 1. The largest absolute Gasteiger partial charge is 0.478 e. The van der Waals surface area contributed by atoms with Crippen molar-refractivity contribution in [2.75, 3.05) is 0 Å². The third kappa shape index (κ3) is 3.20. The zero-order valence-corrected chi connectivity index (χ0v) is 15.5. The van der Waals surface area contributed by atoms with Crippen LogP contribution in [-0.4, -0.2) is 16.1 Å². The fourth-order valence-electron chi connectivity index (χ4n) is 3.02. The van der Waals surface area contributed by atoms with Crippen molar-refractivity contribution in [3.8, 4) is 22.8 Å². The lowest BCUT2D eigenvalue weighted by molar-refractivity contribution is 0.0699. The van der Waals surface area contributed by atoms with Crippen LogP contribution in [0.2, 0.25) is 5.02 Å². The maximum absolute atomic E-state index is 11.7. The van der Waals surface area contributed by atoms with Crippen LogP contribution in [0.15, 0.2) is 59.0 Å². The molecule has 1 N–H and O–H groups in total. The van der Waals surface area contributed by atoms with Gasteiger partial charge in [-0.25, -0.2) is 9.78 Å². The number of halogens is 1. The number of hydrogen-bond donors (Lipinski definition) is 1. The molecule has 0 amide bonds. The van der Waals surface area contributed by atoms with E-state index in [2.05, 4.69) is 4.98 Å². The molecule has 0 radical (unpaired) electrons. The van der Waals surface area contributed by atoms with Crippen LogP contribution in [0, 0.1) is 13.8 Å². The van der Waals surface area contributed by atoms with E-state index >= 15 is 0 Å². The van der Waals surface area contributed by atoms with Crippen LogP contribution in [0.4, 0.5) is 0 Å². The molecule has 27 heavy (non-hydrogen) atoms. The molecular formula is C22H16ClNO3. The zero-order valence-electron chi connectivity index (χ0n) is 14.8. The number of nitrogens with zero attached hydrogens (tertiary/aromatic N) is 1. The van der Waals surface area contributed by atoms with Gasteiger partial charge in [0.25, 0.3) is 0 Å². The minimum atomic E-state index is -0.994. The van der Waals surface area contributed by atoms with E-state index in [1.807, 2.05) is 56.3 Å². The third-order valence-electron chi connectivity index (χ3n) is 4.51. The van der Waals surface area contributed by atoms with Crippen LogP contribution < -0.4 is 0 Å². The molecule has 0 saturated heterocycles. The van der Waals surface area contributed by atoms with Gasteiger partial charge in [0.15, 0.2) is 5.76 Å². The predicted molar refractivity (Wildman–Crippen MR) is 106 cm³/mol. The Kier molecular flexibility index (Phi) is 4.21. The molecule has 2 aromatic carbocycles. The minimum Gasteiger partial charge on any atom is -0.478 e. The molecule has 0 aliphatic rings. The number of carbonyl (C=O) groups is 1. The Morgan fingerprint density at radius 2 is 1.78 bits per heavy atom. The second-order valence-corrected chi connectivity index (χ2v) is 6.92. The van der Waals surface area contributed by atoms with Crippen LogP contribution in [0.25, 0.3) is 33.7 Å². The van der Waals surface area contributed by atoms with Gasteiger partial charge in [-0.2, -0.15) is 0 Å². The summed E-state index contributed by atoms with van der Waals surface area (Å²) in [5.74, 6) is 0.160. The van der Waals surface area contributed by atoms with Gasteiger partial charge in [-0.05, 0) is 55.8 Å². The fourth-order valence-corrected chi connectivity index (χ4v) is 3.20. The number of aromatic nitrogens is 1. The van der Waals surface area contributed by atoms with Gasteiger partial charge in [-0.3, -0.25) is 0 Å². The Balaban J connectivity index is 1.83. The lowest BCUT2D eigenvalue weighted by Gasteiger charge is -2.06. The number of hydrogen-bond acceptors (Lipinski definition) is 3. The number of rotatable bonds is 3. The molecule has 2 aromatic heterocycles. The summed E-state index contributed by atoms with van der Waals surface area (Å²) in [6.45, 7) is 3.86. The average molecular weight is 378 g/mol. The van der Waals surface area contributed by atoms with Gasteiger partial charge in [0.05, 0.1) is 11.1 Å². The molecule has 5 heteroatoms. The van der Waals surface area contributed by atoms with Crippen molar-refractivity contribution >= 4 is 28.5 Å². The molecule has 2 heterocycles. The first-order valence-electron chi connectivity index (χ1n) is 8.44. The fraction of sp³-hybridized carbons (Fsp3) is 0.0909. The first-order chi connectivity index (χ1) is 12.9. The van der Waals surface area contributed by atoms with Gasteiger partial charge >= 0.3 is 5.97 Å². The Bertz CT molecular complexity index is 1190. The number of furan rings is 1. The molecule has 0 spiro atoms. The van der Waals surface area contributed by atoms with Gasteiger partial charge in [-0.1, -0.05) is 35.4 Å². The highest BCUT2D eigenvalue weighted by Gasteiger charge is 2.16. The molecule has 0 saturated carbocycles. The van der Waals surface area contributed by atoms with Gasteiger partial charge in [0, 0.05) is 16.0 Å². The normalized spacial score (nSPS) is 11.1. The predicted octanol–water partition coefficient (Wildman–Crippen LogP) is 6.13. The van der Waals surface area contributed by atoms with E-state index in [9.17, 15) is 9.90 Å². The van der Waals surface area contributed by atoms with E-state index in [4.69, 9.17) is 16.0 Å². The SMILES string of the molecule is Cc1ccc2nc(-c3ccc(-c4ccc(C)c(Cl)c4)o3)cc(C(=O)O)c2c1. The highest BCUT2D eigenvalue weighted by atomic mass is 35.5. The van der Waals surface area contributed by atoms with Crippen LogP contribution >= 0.6 is 11.6 Å². The Hall–Kier alpha value is -3.11.